The topological polar surface area (TPSA) is 115 Å². The summed E-state index contributed by atoms with van der Waals surface area (Å²) < 4.78 is 9.15. The van der Waals surface area contributed by atoms with E-state index < -0.39 is 0 Å². The first-order valence-electron chi connectivity index (χ1n) is 42.6. The Kier molecular flexibility index (Phi) is 18.0. The minimum absolute atomic E-state index is 0.492. The highest BCUT2D eigenvalue weighted by molar-refractivity contribution is 6.16. The Hall–Kier alpha value is -16.9. The van der Waals surface area contributed by atoms with Crippen LogP contribution in [-0.2, 0) is 0 Å². The number of nitriles is 4. The molecule has 0 atom stereocenters. The summed E-state index contributed by atoms with van der Waals surface area (Å²) in [4.78, 5) is 0. The van der Waals surface area contributed by atoms with Crippen LogP contribution in [0, 0.1) is 86.9 Å². The summed E-state index contributed by atoms with van der Waals surface area (Å²) in [6.07, 6.45) is 0. The Balaban J connectivity index is 0.707. The van der Waals surface area contributed by atoms with E-state index >= 15 is 0 Å². The van der Waals surface area contributed by atoms with Crippen molar-refractivity contribution in [1.82, 2.24) is 18.3 Å². The van der Waals surface area contributed by atoms with E-state index in [0.29, 0.717) is 39.3 Å². The van der Waals surface area contributed by atoms with Crippen LogP contribution in [0.25, 0.3) is 210 Å². The van der Waals surface area contributed by atoms with Gasteiger partial charge in [0.2, 0.25) is 0 Å². The van der Waals surface area contributed by atoms with Crippen molar-refractivity contribution >= 4 is 87.2 Å². The zero-order valence-corrected chi connectivity index (χ0v) is 70.2. The van der Waals surface area contributed by atoms with Crippen LogP contribution in [0.5, 0.6) is 0 Å². The van der Waals surface area contributed by atoms with Gasteiger partial charge in [-0.05, 0) is 285 Å². The van der Waals surface area contributed by atoms with E-state index in [2.05, 4.69) is 412 Å². The largest absolute Gasteiger partial charge is 0.308 e. The Bertz CT molecular complexity index is 8510. The monoisotopic (exact) mass is 1610 g/mol. The molecule has 0 amide bonds. The fraction of sp³-hybridized carbons (Fsp3) is 0.0508. The molecule has 8 nitrogen and oxygen atoms in total. The Labute approximate surface area is 730 Å². The van der Waals surface area contributed by atoms with Gasteiger partial charge in [-0.1, -0.05) is 254 Å². The van der Waals surface area contributed by atoms with Crippen molar-refractivity contribution in [2.24, 2.45) is 0 Å². The van der Waals surface area contributed by atoms with Crippen molar-refractivity contribution in [2.45, 2.75) is 41.5 Å². The van der Waals surface area contributed by atoms with Gasteiger partial charge < -0.3 is 18.3 Å². The molecule has 0 saturated carbocycles. The molecular formula is C118H78N8. The normalized spacial score (nSPS) is 11.5. The molecule has 8 heteroatoms. The number of rotatable bonds is 13. The van der Waals surface area contributed by atoms with E-state index in [4.69, 9.17) is 0 Å². The van der Waals surface area contributed by atoms with E-state index in [-0.39, 0.29) is 0 Å². The average Bonchev–Trinajstić information content (AvgIpc) is 1.56. The fourth-order valence-corrected chi connectivity index (χ4v) is 19.9. The number of benzene rings is 18. The van der Waals surface area contributed by atoms with Crippen LogP contribution < -0.4 is 0 Å². The molecule has 0 fully saturated rings. The molecule has 0 aliphatic heterocycles. The first-order valence-corrected chi connectivity index (χ1v) is 42.6. The van der Waals surface area contributed by atoms with Crippen molar-refractivity contribution in [2.75, 3.05) is 0 Å². The van der Waals surface area contributed by atoms with E-state index in [9.17, 15) is 21.0 Å². The van der Waals surface area contributed by atoms with E-state index in [0.717, 1.165) is 204 Å². The van der Waals surface area contributed by atoms with Gasteiger partial charge in [-0.3, -0.25) is 0 Å². The molecule has 0 N–H and O–H groups in total. The van der Waals surface area contributed by atoms with E-state index in [1.54, 1.807) is 0 Å². The highest BCUT2D eigenvalue weighted by Gasteiger charge is 2.28. The maximum Gasteiger partial charge on any atom is 0.104 e. The maximum atomic E-state index is 12.3. The Morgan fingerprint density at radius 2 is 0.492 bits per heavy atom. The van der Waals surface area contributed by atoms with Crippen molar-refractivity contribution in [1.29, 1.82) is 21.0 Å². The summed E-state index contributed by atoms with van der Waals surface area (Å²) in [5.74, 6) is 0. The summed E-state index contributed by atoms with van der Waals surface area (Å²) in [5, 5.41) is 53.8. The van der Waals surface area contributed by atoms with Gasteiger partial charge in [0.1, 0.15) is 23.3 Å². The summed E-state index contributed by atoms with van der Waals surface area (Å²) >= 11 is 0. The molecule has 0 bridgehead atoms. The van der Waals surface area contributed by atoms with Gasteiger partial charge in [0.15, 0.2) is 0 Å². The molecule has 0 aliphatic carbocycles. The summed E-state index contributed by atoms with van der Waals surface area (Å²) in [6, 6.07) is 140. The number of hydrogen-bond donors (Lipinski definition) is 0. The number of aryl methyl sites for hydroxylation is 6. The molecule has 4 heterocycles. The van der Waals surface area contributed by atoms with Gasteiger partial charge in [-0.15, -0.1) is 0 Å². The second-order valence-electron chi connectivity index (χ2n) is 33.5. The molecule has 0 radical (unpaired) electrons. The third-order valence-electron chi connectivity index (χ3n) is 26.0. The zero-order valence-electron chi connectivity index (χ0n) is 70.2. The predicted molar refractivity (Wildman–Crippen MR) is 520 cm³/mol. The third-order valence-corrected chi connectivity index (χ3v) is 26.0. The van der Waals surface area contributed by atoms with Crippen LogP contribution in [0.1, 0.15) is 55.6 Å². The molecule has 126 heavy (non-hydrogen) atoms. The van der Waals surface area contributed by atoms with Crippen molar-refractivity contribution in [3.05, 3.63) is 420 Å². The average molecular weight is 1610 g/mol. The van der Waals surface area contributed by atoms with Crippen LogP contribution in [0.2, 0.25) is 0 Å². The molecule has 0 unspecified atom stereocenters. The van der Waals surface area contributed by atoms with Gasteiger partial charge >= 0.3 is 0 Å². The van der Waals surface area contributed by atoms with Gasteiger partial charge in [-0.2, -0.15) is 21.0 Å². The third kappa shape index (κ3) is 12.4. The highest BCUT2D eigenvalue weighted by Crippen LogP contribution is 2.49. The van der Waals surface area contributed by atoms with Crippen LogP contribution in [0.15, 0.2) is 364 Å². The lowest BCUT2D eigenvalue weighted by atomic mass is 9.90. The van der Waals surface area contributed by atoms with Crippen molar-refractivity contribution in [3.8, 4) is 147 Å². The van der Waals surface area contributed by atoms with E-state index in [1.165, 1.54) is 22.3 Å². The number of fused-ring (bicyclic) bond motifs is 12. The Morgan fingerprint density at radius 1 is 0.175 bits per heavy atom. The zero-order chi connectivity index (χ0) is 85.3. The summed E-state index contributed by atoms with van der Waals surface area (Å²) in [7, 11) is 0. The minimum atomic E-state index is 0.492. The van der Waals surface area contributed by atoms with Crippen LogP contribution >= 0.6 is 0 Å². The summed E-state index contributed by atoms with van der Waals surface area (Å²) in [6.45, 7) is 13.0. The van der Waals surface area contributed by atoms with Crippen molar-refractivity contribution < 1.29 is 0 Å². The number of para-hydroxylation sites is 2. The first kappa shape index (κ1) is 75.3. The van der Waals surface area contributed by atoms with Gasteiger partial charge in [0, 0.05) is 43.1 Å². The Morgan fingerprint density at radius 3 is 0.913 bits per heavy atom. The predicted octanol–water partition coefficient (Wildman–Crippen LogP) is 30.4. The molecule has 18 aromatic carbocycles. The SMILES string of the molecule is Cc1cccc(-c2ccc3c4ccccc4n(-c4cc(-c5cccc(C#N)c5)cc(-n5c6ccccc6c6ccc(-c7cc(C)ccc7-c7ccc(-c8ccc9c(c8)c8cc(-c%10ccccc%10C)ccc8n9-c8cc(-c9cccc(C#N)c9)cc(-n9c%10ccc(-c%11ccccc%11C)cc%10c%10cc(-c%11ccccc%11C)ccc%109)c8C#N)c(C)c7)cc65)c4C#N)c3c2)c1. The lowest BCUT2D eigenvalue weighted by Crippen LogP contribution is -2.05. The van der Waals surface area contributed by atoms with E-state index in [1.807, 2.05) is 36.4 Å². The lowest BCUT2D eigenvalue weighted by Gasteiger charge is -2.19. The van der Waals surface area contributed by atoms with Gasteiger partial charge in [0.05, 0.1) is 90.1 Å². The maximum absolute atomic E-state index is 12.3. The molecule has 0 saturated heterocycles. The molecule has 0 spiro atoms. The molecular weight excluding hydrogens is 1530 g/mol. The highest BCUT2D eigenvalue weighted by atomic mass is 15.0. The van der Waals surface area contributed by atoms with Crippen LogP contribution in [0.3, 0.4) is 0 Å². The second-order valence-corrected chi connectivity index (χ2v) is 33.5. The van der Waals surface area contributed by atoms with Gasteiger partial charge in [-0.25, -0.2) is 0 Å². The second kappa shape index (κ2) is 30.1. The van der Waals surface area contributed by atoms with Crippen LogP contribution in [0.4, 0.5) is 0 Å². The molecule has 590 valence electrons. The molecule has 22 aromatic rings. The molecule has 22 rings (SSSR count). The lowest BCUT2D eigenvalue weighted by molar-refractivity contribution is 1.12. The number of nitrogens with zero attached hydrogens (tertiary/aromatic N) is 8. The van der Waals surface area contributed by atoms with Crippen LogP contribution in [-0.4, -0.2) is 18.3 Å². The van der Waals surface area contributed by atoms with Crippen molar-refractivity contribution in [3.63, 3.8) is 0 Å². The van der Waals surface area contributed by atoms with Gasteiger partial charge in [0.25, 0.3) is 0 Å². The quantitative estimate of drug-likeness (QED) is 0.114. The first-order chi connectivity index (χ1) is 61.7. The molecule has 0 aliphatic rings. The number of aromatic nitrogens is 4. The fourth-order valence-electron chi connectivity index (χ4n) is 19.9. The smallest absolute Gasteiger partial charge is 0.104 e. The minimum Gasteiger partial charge on any atom is -0.308 e. The molecule has 4 aromatic heterocycles. The number of hydrogen-bond acceptors (Lipinski definition) is 4. The standard InChI is InChI=1S/C118H78N8/c1-71-20-17-26-79(52-71)82-37-46-98-96-32-13-15-34-107(96)125(113(98)61-82)117-65-90(81-28-19-25-78(56-81)68-120)66-118(106(117)70-122)126-108-35-16-14-33-97(108)99-47-39-88(62-114(99)126)100-53-72(2)36-44-95(100)83-38-45-94(76(6)54-83)87-43-51-112-104(60-87)103-59-86(93-31-12-9-23-75(93)5)42-50-111(103)124(112)116-64-89(80-27-18-24-77(55-80)67-119)63-115(105(116)69-121)123-109-48-40-84(91-29-10-7-21-73(91)3)57-101(109)102-58-85(41-49-110(102)123)92-30-11-8-22-74(92)4/h7-66H,1-6H3. The summed E-state index contributed by atoms with van der Waals surface area (Å²) in [5.41, 5.74) is 38.2.